The zero-order valence-corrected chi connectivity index (χ0v) is 33.8. The molecule has 0 spiro atoms. The molecular formula is C34H48N9O15Tc+. The van der Waals surface area contributed by atoms with Gasteiger partial charge in [0.1, 0.15) is 38.3 Å². The molecule has 2 aromatic heterocycles. The van der Waals surface area contributed by atoms with Crippen LogP contribution in [0, 0.1) is 20.0 Å². The normalized spacial score (nSPS) is 11.6. The number of hydrogen-bond acceptors (Lipinski definition) is 10. The van der Waals surface area contributed by atoms with Gasteiger partial charge in [0.2, 0.25) is 5.91 Å². The molecule has 0 aromatic carbocycles. The Bertz CT molecular complexity index is 1620. The van der Waals surface area contributed by atoms with Crippen LogP contribution < -0.4 is 21.7 Å². The zero-order valence-electron chi connectivity index (χ0n) is 32.0. The van der Waals surface area contributed by atoms with Gasteiger partial charge >= 0.3 is 69.8 Å². The number of carbonyl (C=O) groups excluding carboxylic acids is 2. The Morgan fingerprint density at radius 1 is 0.712 bits per heavy atom. The molecule has 10 N–H and O–H groups in total. The molecule has 0 aliphatic heterocycles. The molecule has 0 saturated carbocycles. The number of carboxylic acids is 5. The van der Waals surface area contributed by atoms with Crippen molar-refractivity contribution in [3.63, 3.8) is 0 Å². The Morgan fingerprint density at radius 3 is 1.58 bits per heavy atom. The quantitative estimate of drug-likeness (QED) is 0.0240. The molecule has 0 fully saturated rings. The van der Waals surface area contributed by atoms with Crippen molar-refractivity contribution in [2.75, 3.05) is 20.1 Å². The molecule has 2 aromatic rings. The van der Waals surface area contributed by atoms with Gasteiger partial charge in [-0.05, 0) is 44.9 Å². The Labute approximate surface area is 351 Å². The third-order valence-corrected chi connectivity index (χ3v) is 8.13. The van der Waals surface area contributed by atoms with E-state index >= 15 is 0 Å². The molecule has 0 aliphatic carbocycles. The van der Waals surface area contributed by atoms with E-state index in [4.69, 9.17) is 29.9 Å². The van der Waals surface area contributed by atoms with E-state index in [1.807, 2.05) is 7.05 Å². The minimum atomic E-state index is -1.52. The Balaban J connectivity index is -0.00000427. The van der Waals surface area contributed by atoms with Gasteiger partial charge in [0.25, 0.3) is 0 Å². The molecule has 0 aliphatic rings. The van der Waals surface area contributed by atoms with Crippen LogP contribution >= 0.6 is 0 Å². The number of carbonyl (C=O) groups is 7. The number of quaternary nitrogens is 1. The van der Waals surface area contributed by atoms with Gasteiger partial charge in [0, 0.05) is 57.9 Å². The maximum absolute atomic E-state index is 12.6. The van der Waals surface area contributed by atoms with E-state index in [9.17, 15) is 48.9 Å². The van der Waals surface area contributed by atoms with Crippen LogP contribution in [0.4, 0.5) is 4.79 Å². The maximum atomic E-state index is 12.6. The van der Waals surface area contributed by atoms with Crippen molar-refractivity contribution < 1.29 is 97.6 Å². The summed E-state index contributed by atoms with van der Waals surface area (Å²) in [5, 5.41) is 52.9. The second-order valence-electron chi connectivity index (χ2n) is 12.6. The first-order chi connectivity index (χ1) is 27.5. The standard InChI is InChI=1S/C31H47N9O12.3CO.Tc/c1-40(18-23-33-11-13-38(23)16-26(43)44,19-24-34-12-14-39(24)17-27(45)46)15-5-3-6-20(32)28(47)35-10-4-2-7-21(29(48)49)36-31(52)37-22(30(50)51)8-9-25(41)42;3*1-2;/h11-14,20-22H,2-10,15-19,32H2,1H3,(H7-,35,36,37,41,42,43,44,45,46,47,48,49,50,51,52);;;;/p+1/t20-,21?,22?;;;;/m0..../s1/i;;;;1+1. The van der Waals surface area contributed by atoms with Crippen LogP contribution in [0.25, 0.3) is 0 Å². The van der Waals surface area contributed by atoms with Crippen LogP contribution in [0.15, 0.2) is 24.8 Å². The summed E-state index contributed by atoms with van der Waals surface area (Å²) in [6.07, 6.45) is 7.40. The number of nitrogens with one attached hydrogen (secondary N) is 3. The average molecular weight is 922 g/mol. The molecule has 3 amide bonds. The van der Waals surface area contributed by atoms with Crippen molar-refractivity contribution in [2.24, 2.45) is 5.73 Å². The number of amides is 3. The number of nitrogens with zero attached hydrogens (tertiary/aromatic N) is 5. The van der Waals surface area contributed by atoms with E-state index < -0.39 is 66.3 Å². The van der Waals surface area contributed by atoms with Crippen LogP contribution in [-0.2, 0) is 89.0 Å². The predicted octanol–water partition coefficient (Wildman–Crippen LogP) is -0.865. The van der Waals surface area contributed by atoms with Gasteiger partial charge in [-0.15, -0.1) is 0 Å². The molecule has 24 nitrogen and oxygen atoms in total. The fourth-order valence-electron chi connectivity index (χ4n) is 5.41. The van der Waals surface area contributed by atoms with E-state index in [-0.39, 0.29) is 59.0 Å². The van der Waals surface area contributed by atoms with Gasteiger partial charge < -0.3 is 60.8 Å². The van der Waals surface area contributed by atoms with Crippen molar-refractivity contribution >= 4 is 41.8 Å². The summed E-state index contributed by atoms with van der Waals surface area (Å²) in [5.74, 6) is -5.46. The van der Waals surface area contributed by atoms with Crippen LogP contribution in [0.2, 0.25) is 0 Å². The van der Waals surface area contributed by atoms with E-state index in [0.29, 0.717) is 61.4 Å². The summed E-state index contributed by atoms with van der Waals surface area (Å²) >= 11 is 0. The first-order valence-electron chi connectivity index (χ1n) is 17.2. The Kier molecular flexibility index (Phi) is 31.5. The molecule has 25 heteroatoms. The predicted molar refractivity (Wildman–Crippen MR) is 190 cm³/mol. The summed E-state index contributed by atoms with van der Waals surface area (Å²) in [6.45, 7) is 14.3. The number of urea groups is 1. The molecule has 3 atom stereocenters. The van der Waals surface area contributed by atoms with Crippen molar-refractivity contribution in [2.45, 2.75) is 95.7 Å². The second kappa shape index (κ2) is 32.3. The molecule has 59 heavy (non-hydrogen) atoms. The molecule has 2 heterocycles. The number of hydrogen-bond donors (Lipinski definition) is 9. The number of imidazole rings is 2. The van der Waals surface area contributed by atoms with Gasteiger partial charge in [-0.2, -0.15) is 0 Å². The summed E-state index contributed by atoms with van der Waals surface area (Å²) in [5.41, 5.74) is 6.11. The zero-order chi connectivity index (χ0) is 44.8. The SMILES string of the molecule is C[N+](CCCC[C@H](N)C(=O)NCCCCC(NC(=O)NC(CCC(=O)O)C(=O)O)C(=O)O)(Cc1nccn1CC(=O)O)Cc1nccn1CC(=O)O.[99Tc].[C-]#[O+].[C-]#[O+].[C-]#[O+]. The molecular weight excluding hydrogens is 873 g/mol. The van der Waals surface area contributed by atoms with Gasteiger partial charge in [0.15, 0.2) is 11.6 Å². The van der Waals surface area contributed by atoms with Gasteiger partial charge in [-0.25, -0.2) is 24.4 Å². The first kappa shape index (κ1) is 57.6. The van der Waals surface area contributed by atoms with Crippen LogP contribution in [0.3, 0.4) is 0 Å². The summed E-state index contributed by atoms with van der Waals surface area (Å²) in [7, 11) is 1.93. The topological polar surface area (TPSA) is 378 Å². The van der Waals surface area contributed by atoms with E-state index in [2.05, 4.69) is 45.9 Å². The fourth-order valence-corrected chi connectivity index (χ4v) is 5.41. The van der Waals surface area contributed by atoms with E-state index in [1.54, 1.807) is 12.4 Å². The van der Waals surface area contributed by atoms with Gasteiger partial charge in [-0.1, -0.05) is 0 Å². The molecule has 325 valence electrons. The first-order valence-corrected chi connectivity index (χ1v) is 17.2. The molecule has 0 bridgehead atoms. The van der Waals surface area contributed by atoms with Crippen molar-refractivity contribution in [1.29, 1.82) is 0 Å². The van der Waals surface area contributed by atoms with E-state index in [1.165, 1.54) is 21.5 Å². The van der Waals surface area contributed by atoms with E-state index in [0.717, 1.165) is 0 Å². The van der Waals surface area contributed by atoms with Gasteiger partial charge in [0.05, 0.1) is 19.6 Å². The summed E-state index contributed by atoms with van der Waals surface area (Å²) in [6, 6.07) is -4.78. The van der Waals surface area contributed by atoms with Crippen molar-refractivity contribution in [3.8, 4) is 0 Å². The third kappa shape index (κ3) is 24.6. The monoisotopic (exact) mass is 921 g/mol. The van der Waals surface area contributed by atoms with Gasteiger partial charge in [-0.3, -0.25) is 19.2 Å². The Hall–Kier alpha value is -5.70. The molecule has 2 rings (SSSR count). The third-order valence-electron chi connectivity index (χ3n) is 8.13. The average Bonchev–Trinajstić information content (AvgIpc) is 3.80. The molecule has 0 saturated heterocycles. The molecule has 1 radical (unpaired) electrons. The number of nitrogens with two attached hydrogens (primary N) is 1. The van der Waals surface area contributed by atoms with Crippen LogP contribution in [0.1, 0.15) is 63.0 Å². The second-order valence-corrected chi connectivity index (χ2v) is 12.6. The van der Waals surface area contributed by atoms with Crippen molar-refractivity contribution in [1.82, 2.24) is 35.1 Å². The summed E-state index contributed by atoms with van der Waals surface area (Å²) in [4.78, 5) is 89.7. The number of unbranched alkanes of at least 4 members (excludes halogenated alkanes) is 2. The number of aromatic nitrogens is 4. The van der Waals surface area contributed by atoms with Crippen molar-refractivity contribution in [3.05, 3.63) is 56.4 Å². The van der Waals surface area contributed by atoms with Crippen LogP contribution in [-0.4, -0.2) is 129 Å². The minimum absolute atomic E-state index is 0. The molecule has 2 unspecified atom stereocenters. The fraction of sp³-hybridized carbons (Fsp3) is 0.529. The number of carboxylic acid groups (broad SMARTS) is 5. The van der Waals surface area contributed by atoms with Crippen LogP contribution in [0.5, 0.6) is 0 Å². The number of aliphatic carboxylic acids is 5. The Morgan fingerprint density at radius 2 is 1.15 bits per heavy atom. The summed E-state index contributed by atoms with van der Waals surface area (Å²) < 4.78 is 25.9. The number of rotatable bonds is 26.